The number of pyridine rings is 1. The number of aromatic nitrogens is 6. The smallest absolute Gasteiger partial charge is 0.184 e. The molecule has 0 unspecified atom stereocenters. The number of nitrogens with one attached hydrogen (secondary N) is 1. The molecular formula is C17H14ClN7. The molecule has 1 N–H and O–H groups in total. The number of nitrogens with zero attached hydrogens (tertiary/aromatic N) is 6. The van der Waals surface area contributed by atoms with Crippen molar-refractivity contribution in [2.45, 2.75) is 13.1 Å². The molecule has 4 aromatic rings. The van der Waals surface area contributed by atoms with Gasteiger partial charge in [-0.15, -0.1) is 5.10 Å². The van der Waals surface area contributed by atoms with Crippen LogP contribution >= 0.6 is 11.6 Å². The molecule has 1 aromatic carbocycles. The zero-order valence-corrected chi connectivity index (χ0v) is 13.9. The predicted molar refractivity (Wildman–Crippen MR) is 93.1 cm³/mol. The molecule has 0 aliphatic carbocycles. The largest absolute Gasteiger partial charge is 0.311 e. The minimum Gasteiger partial charge on any atom is -0.311 e. The van der Waals surface area contributed by atoms with Crippen LogP contribution in [0.1, 0.15) is 11.1 Å². The Kier molecular flexibility index (Phi) is 3.99. The van der Waals surface area contributed by atoms with Gasteiger partial charge in [-0.3, -0.25) is 5.41 Å². The minimum absolute atomic E-state index is 0.286. The molecule has 4 rings (SSSR count). The van der Waals surface area contributed by atoms with Crippen molar-refractivity contribution < 1.29 is 0 Å². The Morgan fingerprint density at radius 3 is 2.56 bits per heavy atom. The van der Waals surface area contributed by atoms with Crippen molar-refractivity contribution in [2.24, 2.45) is 0 Å². The number of rotatable bonds is 4. The van der Waals surface area contributed by atoms with Crippen LogP contribution in [0.5, 0.6) is 0 Å². The van der Waals surface area contributed by atoms with E-state index in [-0.39, 0.29) is 5.49 Å². The van der Waals surface area contributed by atoms with E-state index in [1.54, 1.807) is 27.8 Å². The zero-order valence-electron chi connectivity index (χ0n) is 13.2. The third-order valence-electron chi connectivity index (χ3n) is 3.86. The highest BCUT2D eigenvalue weighted by Crippen LogP contribution is 2.10. The lowest BCUT2D eigenvalue weighted by molar-refractivity contribution is 0.661. The summed E-state index contributed by atoms with van der Waals surface area (Å²) in [5.74, 6) is 0. The molecule has 0 radical (unpaired) electrons. The summed E-state index contributed by atoms with van der Waals surface area (Å²) >= 11 is 5.81. The van der Waals surface area contributed by atoms with Crippen LogP contribution in [0.2, 0.25) is 5.15 Å². The summed E-state index contributed by atoms with van der Waals surface area (Å²) in [5.41, 5.74) is 3.37. The van der Waals surface area contributed by atoms with E-state index < -0.39 is 0 Å². The molecule has 124 valence electrons. The first-order valence-electron chi connectivity index (χ1n) is 7.68. The maximum atomic E-state index is 8.39. The summed E-state index contributed by atoms with van der Waals surface area (Å²) in [6.07, 6.45) is 3.34. The van der Waals surface area contributed by atoms with Crippen molar-refractivity contribution in [1.82, 2.24) is 29.5 Å². The van der Waals surface area contributed by atoms with E-state index in [9.17, 15) is 0 Å². The third-order valence-corrected chi connectivity index (χ3v) is 4.08. The fraction of sp³-hybridized carbons (Fsp3) is 0.118. The Balaban J connectivity index is 1.67. The van der Waals surface area contributed by atoms with Crippen LogP contribution < -0.4 is 5.49 Å². The van der Waals surface area contributed by atoms with Gasteiger partial charge >= 0.3 is 0 Å². The van der Waals surface area contributed by atoms with Gasteiger partial charge in [-0.25, -0.2) is 14.6 Å². The Morgan fingerprint density at radius 2 is 1.80 bits per heavy atom. The molecule has 3 heterocycles. The molecule has 0 aliphatic heterocycles. The quantitative estimate of drug-likeness (QED) is 0.571. The van der Waals surface area contributed by atoms with Crippen molar-refractivity contribution in [3.05, 3.63) is 76.8 Å². The number of fused-ring (bicyclic) bond motifs is 1. The summed E-state index contributed by atoms with van der Waals surface area (Å²) in [6, 6.07) is 13.6. The average molecular weight is 352 g/mol. The molecule has 3 aromatic heterocycles. The van der Waals surface area contributed by atoms with E-state index in [0.29, 0.717) is 29.4 Å². The fourth-order valence-corrected chi connectivity index (χ4v) is 2.70. The maximum Gasteiger partial charge on any atom is 0.184 e. The number of benzene rings is 1. The highest BCUT2D eigenvalue weighted by atomic mass is 35.5. The van der Waals surface area contributed by atoms with E-state index in [1.165, 1.54) is 0 Å². The Hall–Kier alpha value is -3.06. The molecule has 0 amide bonds. The van der Waals surface area contributed by atoms with Gasteiger partial charge in [0, 0.05) is 6.20 Å². The summed E-state index contributed by atoms with van der Waals surface area (Å²) in [7, 11) is 0. The second-order valence-corrected chi connectivity index (χ2v) is 6.00. The monoisotopic (exact) mass is 351 g/mol. The molecular weight excluding hydrogens is 338 g/mol. The van der Waals surface area contributed by atoms with Gasteiger partial charge in [-0.05, 0) is 17.2 Å². The lowest BCUT2D eigenvalue weighted by Gasteiger charge is -2.07. The standard InChI is InChI=1S/C17H14ClN7/c18-14-7-6-13(8-20-14)10-25-17-15(22-23-25)16(19)24(11-21-17)9-12-4-2-1-3-5-12/h1-8,11,19H,9-10H2. The van der Waals surface area contributed by atoms with Crippen molar-refractivity contribution in [3.63, 3.8) is 0 Å². The van der Waals surface area contributed by atoms with Crippen LogP contribution in [0.4, 0.5) is 0 Å². The van der Waals surface area contributed by atoms with Gasteiger partial charge in [0.2, 0.25) is 0 Å². The van der Waals surface area contributed by atoms with Crippen LogP contribution in [0.3, 0.4) is 0 Å². The average Bonchev–Trinajstić information content (AvgIpc) is 3.04. The van der Waals surface area contributed by atoms with Gasteiger partial charge in [0.05, 0.1) is 19.4 Å². The van der Waals surface area contributed by atoms with Gasteiger partial charge in [0.1, 0.15) is 5.15 Å². The molecule has 7 nitrogen and oxygen atoms in total. The maximum absolute atomic E-state index is 8.39. The first kappa shape index (κ1) is 15.5. The number of hydrogen-bond acceptors (Lipinski definition) is 5. The second-order valence-electron chi connectivity index (χ2n) is 5.62. The second kappa shape index (κ2) is 6.45. The summed E-state index contributed by atoms with van der Waals surface area (Å²) in [4.78, 5) is 8.51. The Morgan fingerprint density at radius 1 is 0.960 bits per heavy atom. The lowest BCUT2D eigenvalue weighted by Crippen LogP contribution is -2.22. The van der Waals surface area contributed by atoms with Gasteiger partial charge in [-0.2, -0.15) is 0 Å². The summed E-state index contributed by atoms with van der Waals surface area (Å²) in [5, 5.41) is 17.1. The first-order valence-corrected chi connectivity index (χ1v) is 8.06. The Bertz CT molecular complexity index is 1070. The van der Waals surface area contributed by atoms with Crippen LogP contribution in [0.15, 0.2) is 55.0 Å². The lowest BCUT2D eigenvalue weighted by atomic mass is 10.2. The van der Waals surface area contributed by atoms with Gasteiger partial charge < -0.3 is 4.57 Å². The molecule has 0 spiro atoms. The molecule has 0 bridgehead atoms. The van der Waals surface area contributed by atoms with Gasteiger partial charge in [0.15, 0.2) is 16.7 Å². The third kappa shape index (κ3) is 3.14. The number of halogens is 1. The molecule has 8 heteroatoms. The topological polar surface area (TPSA) is 85.3 Å². The highest BCUT2D eigenvalue weighted by Gasteiger charge is 2.10. The van der Waals surface area contributed by atoms with Gasteiger partial charge in [-0.1, -0.05) is 53.2 Å². The van der Waals surface area contributed by atoms with E-state index in [2.05, 4.69) is 20.3 Å². The normalized spacial score (nSPS) is 11.1. The SMILES string of the molecule is N=c1c2nnn(Cc3ccc(Cl)nc3)c2ncn1Cc1ccccc1. The summed E-state index contributed by atoms with van der Waals surface area (Å²) in [6.45, 7) is 1.03. The molecule has 0 aliphatic rings. The highest BCUT2D eigenvalue weighted by molar-refractivity contribution is 6.29. The molecule has 0 saturated carbocycles. The van der Waals surface area contributed by atoms with Crippen LogP contribution in [-0.2, 0) is 13.1 Å². The molecule has 0 fully saturated rings. The minimum atomic E-state index is 0.286. The van der Waals surface area contributed by atoms with Gasteiger partial charge in [0.25, 0.3) is 0 Å². The van der Waals surface area contributed by atoms with Crippen molar-refractivity contribution in [1.29, 1.82) is 5.41 Å². The Labute approximate surface area is 148 Å². The molecule has 0 saturated heterocycles. The molecule has 0 atom stereocenters. The predicted octanol–water partition coefficient (Wildman–Crippen LogP) is 2.25. The van der Waals surface area contributed by atoms with Crippen LogP contribution in [0, 0.1) is 5.41 Å². The van der Waals surface area contributed by atoms with Crippen molar-refractivity contribution in [2.75, 3.05) is 0 Å². The van der Waals surface area contributed by atoms with Crippen molar-refractivity contribution in [3.8, 4) is 0 Å². The van der Waals surface area contributed by atoms with Crippen LogP contribution in [0.25, 0.3) is 11.2 Å². The van der Waals surface area contributed by atoms with E-state index in [1.807, 2.05) is 36.4 Å². The first-order chi connectivity index (χ1) is 12.2. The van der Waals surface area contributed by atoms with E-state index in [0.717, 1.165) is 11.1 Å². The zero-order chi connectivity index (χ0) is 17.2. The van der Waals surface area contributed by atoms with Crippen molar-refractivity contribution >= 4 is 22.8 Å². The molecule has 25 heavy (non-hydrogen) atoms. The van der Waals surface area contributed by atoms with Crippen LogP contribution in [-0.4, -0.2) is 29.5 Å². The van der Waals surface area contributed by atoms with E-state index in [4.69, 9.17) is 17.0 Å². The fourth-order valence-electron chi connectivity index (χ4n) is 2.59. The number of hydrogen-bond donors (Lipinski definition) is 1. The summed E-state index contributed by atoms with van der Waals surface area (Å²) < 4.78 is 3.41. The van der Waals surface area contributed by atoms with E-state index >= 15 is 0 Å².